The third-order valence-electron chi connectivity index (χ3n) is 2.66. The second-order valence-corrected chi connectivity index (χ2v) is 5.10. The van der Waals surface area contributed by atoms with Crippen LogP contribution in [0.2, 0.25) is 0 Å². The van der Waals surface area contributed by atoms with E-state index in [0.717, 1.165) is 4.47 Å². The first kappa shape index (κ1) is 15.6. The standard InChI is InChI=1S/C13H15BrN4O3/c1-20-4-5-21-8-12(19)17-13(15)10-6-16-11-3-2-9(14)7-18(10)11/h2-3,6-7H,4-5,8H2,1H3,(H2,15,17,19). The van der Waals surface area contributed by atoms with Gasteiger partial charge in [-0.1, -0.05) is 0 Å². The van der Waals surface area contributed by atoms with E-state index < -0.39 is 0 Å². The maximum absolute atomic E-state index is 11.7. The minimum Gasteiger partial charge on any atom is -0.382 e. The number of halogens is 1. The SMILES string of the molecule is COCCOCC(=O)NC(=N)c1cnc2ccc(Br)cn12. The van der Waals surface area contributed by atoms with E-state index in [-0.39, 0.29) is 18.3 Å². The smallest absolute Gasteiger partial charge is 0.251 e. The average molecular weight is 355 g/mol. The number of hydrogen-bond acceptors (Lipinski definition) is 5. The highest BCUT2D eigenvalue weighted by Gasteiger charge is 2.12. The quantitative estimate of drug-likeness (QED) is 0.463. The molecule has 7 nitrogen and oxygen atoms in total. The van der Waals surface area contributed by atoms with Gasteiger partial charge in [0.05, 0.1) is 19.4 Å². The van der Waals surface area contributed by atoms with E-state index in [1.165, 1.54) is 6.20 Å². The number of fused-ring (bicyclic) bond motifs is 1. The highest BCUT2D eigenvalue weighted by molar-refractivity contribution is 9.10. The number of nitrogens with one attached hydrogen (secondary N) is 2. The predicted octanol–water partition coefficient (Wildman–Crippen LogP) is 1.20. The van der Waals surface area contributed by atoms with Crippen molar-refractivity contribution in [3.8, 4) is 0 Å². The summed E-state index contributed by atoms with van der Waals surface area (Å²) in [4.78, 5) is 15.8. The number of pyridine rings is 1. The Morgan fingerprint density at radius 2 is 2.29 bits per heavy atom. The normalized spacial score (nSPS) is 10.8. The van der Waals surface area contributed by atoms with Crippen molar-refractivity contribution in [3.05, 3.63) is 34.7 Å². The van der Waals surface area contributed by atoms with E-state index in [1.807, 2.05) is 12.1 Å². The first-order valence-electron chi connectivity index (χ1n) is 6.20. The lowest BCUT2D eigenvalue weighted by Gasteiger charge is -2.07. The Kier molecular flexibility index (Phi) is 5.43. The van der Waals surface area contributed by atoms with Gasteiger partial charge in [0.2, 0.25) is 0 Å². The highest BCUT2D eigenvalue weighted by atomic mass is 79.9. The average Bonchev–Trinajstić information content (AvgIpc) is 2.86. The predicted molar refractivity (Wildman–Crippen MR) is 80.6 cm³/mol. The molecule has 2 aromatic heterocycles. The molecule has 8 heteroatoms. The molecule has 0 saturated heterocycles. The number of ether oxygens (including phenoxy) is 2. The number of rotatable bonds is 6. The topological polar surface area (TPSA) is 88.7 Å². The zero-order valence-electron chi connectivity index (χ0n) is 11.4. The number of carbonyl (C=O) groups is 1. The van der Waals surface area contributed by atoms with E-state index in [1.54, 1.807) is 17.7 Å². The van der Waals surface area contributed by atoms with Crippen LogP contribution < -0.4 is 5.32 Å². The molecule has 0 aliphatic rings. The summed E-state index contributed by atoms with van der Waals surface area (Å²) in [6, 6.07) is 3.68. The zero-order valence-corrected chi connectivity index (χ0v) is 13.0. The van der Waals surface area contributed by atoms with Crippen LogP contribution in [0.3, 0.4) is 0 Å². The zero-order chi connectivity index (χ0) is 15.2. The minimum absolute atomic E-state index is 0.0269. The van der Waals surface area contributed by atoms with Crippen molar-refractivity contribution < 1.29 is 14.3 Å². The van der Waals surface area contributed by atoms with E-state index in [0.29, 0.717) is 24.6 Å². The van der Waals surface area contributed by atoms with Crippen molar-refractivity contribution in [3.63, 3.8) is 0 Å². The molecule has 0 unspecified atom stereocenters. The van der Waals surface area contributed by atoms with Crippen LogP contribution in [0.15, 0.2) is 29.0 Å². The van der Waals surface area contributed by atoms with Crippen molar-refractivity contribution >= 4 is 33.3 Å². The lowest BCUT2D eigenvalue weighted by Crippen LogP contribution is -2.34. The molecular formula is C13H15BrN4O3. The van der Waals surface area contributed by atoms with Crippen molar-refractivity contribution in [2.24, 2.45) is 0 Å². The van der Waals surface area contributed by atoms with Crippen LogP contribution in [0.1, 0.15) is 5.69 Å². The maximum atomic E-state index is 11.7. The van der Waals surface area contributed by atoms with Crippen LogP contribution in [0.4, 0.5) is 0 Å². The fourth-order valence-corrected chi connectivity index (χ4v) is 2.02. The Hall–Kier alpha value is -1.77. The molecule has 0 spiro atoms. The molecule has 21 heavy (non-hydrogen) atoms. The van der Waals surface area contributed by atoms with Gasteiger partial charge in [-0.15, -0.1) is 0 Å². The number of hydrogen-bond donors (Lipinski definition) is 2. The molecule has 2 rings (SSSR count). The molecule has 1 amide bonds. The number of imidazole rings is 1. The maximum Gasteiger partial charge on any atom is 0.251 e. The third kappa shape index (κ3) is 4.10. The van der Waals surface area contributed by atoms with Gasteiger partial charge in [0.1, 0.15) is 17.9 Å². The summed E-state index contributed by atoms with van der Waals surface area (Å²) in [5.74, 6) is -0.415. The van der Waals surface area contributed by atoms with E-state index in [4.69, 9.17) is 14.9 Å². The molecule has 112 valence electrons. The van der Waals surface area contributed by atoms with Crippen LogP contribution in [0.5, 0.6) is 0 Å². The molecule has 0 aliphatic carbocycles. The van der Waals surface area contributed by atoms with E-state index in [9.17, 15) is 4.79 Å². The number of amides is 1. The molecule has 2 N–H and O–H groups in total. The van der Waals surface area contributed by atoms with Crippen molar-refractivity contribution in [2.45, 2.75) is 0 Å². The largest absolute Gasteiger partial charge is 0.382 e. The molecule has 0 saturated carbocycles. The molecule has 0 radical (unpaired) electrons. The summed E-state index contributed by atoms with van der Waals surface area (Å²) in [6.45, 7) is 0.637. The number of amidine groups is 1. The van der Waals surface area contributed by atoms with Gasteiger partial charge >= 0.3 is 0 Å². The van der Waals surface area contributed by atoms with Crippen molar-refractivity contribution in [1.82, 2.24) is 14.7 Å². The first-order valence-corrected chi connectivity index (χ1v) is 6.99. The van der Waals surface area contributed by atoms with Crippen LogP contribution in [-0.4, -0.2) is 48.1 Å². The minimum atomic E-state index is -0.388. The van der Waals surface area contributed by atoms with Gasteiger partial charge < -0.3 is 14.8 Å². The van der Waals surface area contributed by atoms with Gasteiger partial charge in [0.25, 0.3) is 5.91 Å². The summed E-state index contributed by atoms with van der Waals surface area (Å²) in [6.07, 6.45) is 3.32. The number of methoxy groups -OCH3 is 1. The van der Waals surface area contributed by atoms with Gasteiger partial charge in [0.15, 0.2) is 5.84 Å². The second-order valence-electron chi connectivity index (χ2n) is 4.19. The Labute approximate surface area is 129 Å². The number of carbonyl (C=O) groups excluding carboxylic acids is 1. The van der Waals surface area contributed by atoms with Crippen LogP contribution in [-0.2, 0) is 14.3 Å². The highest BCUT2D eigenvalue weighted by Crippen LogP contribution is 2.13. The number of nitrogens with zero attached hydrogens (tertiary/aromatic N) is 2. The molecule has 0 aromatic carbocycles. The van der Waals surface area contributed by atoms with Crippen LogP contribution in [0.25, 0.3) is 5.65 Å². The fourth-order valence-electron chi connectivity index (χ4n) is 1.69. The van der Waals surface area contributed by atoms with Gasteiger partial charge in [-0.3, -0.25) is 14.6 Å². The molecule has 2 heterocycles. The molecule has 0 aliphatic heterocycles. The summed E-state index contributed by atoms with van der Waals surface area (Å²) in [5.41, 5.74) is 1.19. The van der Waals surface area contributed by atoms with Gasteiger partial charge in [-0.25, -0.2) is 4.98 Å². The van der Waals surface area contributed by atoms with E-state index in [2.05, 4.69) is 26.2 Å². The number of aromatic nitrogens is 2. The summed E-state index contributed by atoms with van der Waals surface area (Å²) in [5, 5.41) is 10.4. The molecule has 0 atom stereocenters. The summed E-state index contributed by atoms with van der Waals surface area (Å²) < 4.78 is 12.5. The fraction of sp³-hybridized carbons (Fsp3) is 0.308. The van der Waals surface area contributed by atoms with Crippen molar-refractivity contribution in [2.75, 3.05) is 26.9 Å². The van der Waals surface area contributed by atoms with Gasteiger partial charge in [-0.2, -0.15) is 0 Å². The molecule has 0 bridgehead atoms. The van der Waals surface area contributed by atoms with Crippen LogP contribution >= 0.6 is 15.9 Å². The first-order chi connectivity index (χ1) is 10.1. The third-order valence-corrected chi connectivity index (χ3v) is 3.12. The molecular weight excluding hydrogens is 340 g/mol. The Morgan fingerprint density at radius 3 is 3.05 bits per heavy atom. The van der Waals surface area contributed by atoms with Gasteiger partial charge in [-0.05, 0) is 28.1 Å². The lowest BCUT2D eigenvalue weighted by atomic mass is 10.4. The Balaban J connectivity index is 1.99. The Morgan fingerprint density at radius 1 is 1.48 bits per heavy atom. The summed E-state index contributed by atoms with van der Waals surface area (Å²) in [7, 11) is 1.56. The lowest BCUT2D eigenvalue weighted by molar-refractivity contribution is -0.124. The molecule has 2 aromatic rings. The molecule has 0 fully saturated rings. The van der Waals surface area contributed by atoms with Crippen LogP contribution in [0, 0.1) is 5.41 Å². The monoisotopic (exact) mass is 354 g/mol. The van der Waals surface area contributed by atoms with Gasteiger partial charge in [0, 0.05) is 17.8 Å². The van der Waals surface area contributed by atoms with E-state index >= 15 is 0 Å². The Bertz CT molecular complexity index is 656. The summed E-state index contributed by atoms with van der Waals surface area (Å²) >= 11 is 3.36. The second kappa shape index (κ2) is 7.30. The van der Waals surface area contributed by atoms with Crippen molar-refractivity contribution in [1.29, 1.82) is 5.41 Å².